The molecule has 1 atom stereocenters. The molecule has 4 rings (SSSR count). The second kappa shape index (κ2) is 8.33. The quantitative estimate of drug-likeness (QED) is 0.654. The van der Waals surface area contributed by atoms with Gasteiger partial charge in [-0.25, -0.2) is 9.37 Å². The third-order valence-corrected chi connectivity index (χ3v) is 5.08. The Bertz CT molecular complexity index is 907. The van der Waals surface area contributed by atoms with Crippen molar-refractivity contribution in [2.75, 3.05) is 13.1 Å². The Morgan fingerprint density at radius 2 is 2.14 bits per heavy atom. The Morgan fingerprint density at radius 3 is 2.93 bits per heavy atom. The molecule has 0 N–H and O–H groups in total. The molecule has 0 radical (unpaired) electrons. The van der Waals surface area contributed by atoms with Crippen molar-refractivity contribution in [1.29, 1.82) is 0 Å². The fourth-order valence-corrected chi connectivity index (χ4v) is 3.56. The number of aryl methyl sites for hydroxylation is 1. The van der Waals surface area contributed by atoms with Gasteiger partial charge in [0, 0.05) is 37.5 Å². The van der Waals surface area contributed by atoms with Crippen LogP contribution in [0.4, 0.5) is 4.39 Å². The number of hydrogen-bond donors (Lipinski definition) is 0. The summed E-state index contributed by atoms with van der Waals surface area (Å²) in [5, 5.41) is 4.03. The van der Waals surface area contributed by atoms with Gasteiger partial charge in [0.2, 0.25) is 5.91 Å². The summed E-state index contributed by atoms with van der Waals surface area (Å²) >= 11 is 0. The van der Waals surface area contributed by atoms with E-state index >= 15 is 0 Å². The molecule has 0 saturated carbocycles. The zero-order valence-electron chi connectivity index (χ0n) is 15.5. The van der Waals surface area contributed by atoms with E-state index in [2.05, 4.69) is 15.1 Å². The number of piperidine rings is 1. The van der Waals surface area contributed by atoms with Gasteiger partial charge >= 0.3 is 0 Å². The number of carbonyl (C=O) groups is 1. The number of nitrogens with zero attached hydrogens (tertiary/aromatic N) is 5. The van der Waals surface area contributed by atoms with Gasteiger partial charge in [0.05, 0.1) is 6.33 Å². The van der Waals surface area contributed by atoms with E-state index in [0.29, 0.717) is 36.2 Å². The second-order valence-electron chi connectivity index (χ2n) is 7.14. The average molecular weight is 383 g/mol. The number of hydrogen-bond acceptors (Lipinski definition) is 5. The van der Waals surface area contributed by atoms with E-state index in [-0.39, 0.29) is 11.7 Å². The SMILES string of the molecule is O=C(Cn1ccnc1)N1CCCC(CCc2noc(-c3ccc(F)cc3)n2)C1. The molecule has 3 heterocycles. The highest BCUT2D eigenvalue weighted by Crippen LogP contribution is 2.23. The molecule has 146 valence electrons. The molecule has 0 spiro atoms. The van der Waals surface area contributed by atoms with Gasteiger partial charge in [0.25, 0.3) is 5.89 Å². The predicted molar refractivity (Wildman–Crippen MR) is 99.5 cm³/mol. The number of amides is 1. The third-order valence-electron chi connectivity index (χ3n) is 5.08. The fraction of sp³-hybridized carbons (Fsp3) is 0.400. The van der Waals surface area contributed by atoms with Crippen LogP contribution in [0.5, 0.6) is 0 Å². The number of carbonyl (C=O) groups excluding carboxylic acids is 1. The van der Waals surface area contributed by atoms with Gasteiger partial charge < -0.3 is 14.0 Å². The first kappa shape index (κ1) is 18.3. The average Bonchev–Trinajstić information content (AvgIpc) is 3.39. The van der Waals surface area contributed by atoms with Gasteiger partial charge in [0.15, 0.2) is 5.82 Å². The normalized spacial score (nSPS) is 17.0. The first-order valence-corrected chi connectivity index (χ1v) is 9.49. The molecule has 7 nitrogen and oxygen atoms in total. The first-order valence-electron chi connectivity index (χ1n) is 9.49. The van der Waals surface area contributed by atoms with Gasteiger partial charge in [0.1, 0.15) is 12.4 Å². The Balaban J connectivity index is 1.30. The maximum absolute atomic E-state index is 13.0. The highest BCUT2D eigenvalue weighted by Gasteiger charge is 2.24. The minimum atomic E-state index is -0.298. The summed E-state index contributed by atoms with van der Waals surface area (Å²) in [7, 11) is 0. The molecule has 1 saturated heterocycles. The number of aromatic nitrogens is 4. The van der Waals surface area contributed by atoms with Crippen LogP contribution in [-0.2, 0) is 17.8 Å². The van der Waals surface area contributed by atoms with Crippen molar-refractivity contribution in [2.45, 2.75) is 32.2 Å². The molecule has 1 aliphatic rings. The van der Waals surface area contributed by atoms with Gasteiger partial charge in [-0.3, -0.25) is 4.79 Å². The number of halogens is 1. The number of benzene rings is 1. The zero-order valence-corrected chi connectivity index (χ0v) is 15.5. The van der Waals surface area contributed by atoms with Crippen molar-refractivity contribution >= 4 is 5.91 Å². The molecule has 1 aromatic carbocycles. The predicted octanol–water partition coefficient (Wildman–Crippen LogP) is 2.94. The summed E-state index contributed by atoms with van der Waals surface area (Å²) in [4.78, 5) is 22.8. The van der Waals surface area contributed by atoms with E-state index in [9.17, 15) is 9.18 Å². The number of likely N-dealkylation sites (tertiary alicyclic amines) is 1. The highest BCUT2D eigenvalue weighted by atomic mass is 19.1. The minimum Gasteiger partial charge on any atom is -0.341 e. The van der Waals surface area contributed by atoms with Crippen LogP contribution in [0.3, 0.4) is 0 Å². The van der Waals surface area contributed by atoms with Gasteiger partial charge in [-0.15, -0.1) is 0 Å². The molecule has 3 aromatic rings. The van der Waals surface area contributed by atoms with Crippen LogP contribution >= 0.6 is 0 Å². The van der Waals surface area contributed by atoms with E-state index in [1.165, 1.54) is 12.1 Å². The number of rotatable bonds is 6. The zero-order chi connectivity index (χ0) is 19.3. The lowest BCUT2D eigenvalue weighted by molar-refractivity contribution is -0.133. The van der Waals surface area contributed by atoms with Crippen molar-refractivity contribution in [3.8, 4) is 11.5 Å². The standard InChI is InChI=1S/C20H22FN5O2/c21-17-6-4-16(5-7-17)20-23-18(24-28-20)8-3-15-2-1-10-26(12-15)19(27)13-25-11-9-22-14-25/h4-7,9,11,14-15H,1-3,8,10,12-13H2. The maximum atomic E-state index is 13.0. The molecular weight excluding hydrogens is 361 g/mol. The second-order valence-corrected chi connectivity index (χ2v) is 7.14. The lowest BCUT2D eigenvalue weighted by Crippen LogP contribution is -2.41. The largest absolute Gasteiger partial charge is 0.341 e. The van der Waals surface area contributed by atoms with Crippen molar-refractivity contribution in [1.82, 2.24) is 24.6 Å². The molecule has 2 aromatic heterocycles. The van der Waals surface area contributed by atoms with Crippen molar-refractivity contribution in [3.63, 3.8) is 0 Å². The molecule has 28 heavy (non-hydrogen) atoms. The van der Waals surface area contributed by atoms with Crippen molar-refractivity contribution in [3.05, 3.63) is 54.6 Å². The summed E-state index contributed by atoms with van der Waals surface area (Å²) < 4.78 is 20.1. The monoisotopic (exact) mass is 383 g/mol. The van der Waals surface area contributed by atoms with Crippen molar-refractivity contribution in [2.24, 2.45) is 5.92 Å². The molecule has 1 unspecified atom stereocenters. The highest BCUT2D eigenvalue weighted by molar-refractivity contribution is 5.76. The van der Waals surface area contributed by atoms with Crippen LogP contribution in [-0.4, -0.2) is 43.6 Å². The number of imidazole rings is 1. The van der Waals surface area contributed by atoms with Crippen LogP contribution in [0.25, 0.3) is 11.5 Å². The Hall–Kier alpha value is -3.03. The Kier molecular flexibility index (Phi) is 5.45. The summed E-state index contributed by atoms with van der Waals surface area (Å²) in [6, 6.07) is 5.99. The topological polar surface area (TPSA) is 77.0 Å². The minimum absolute atomic E-state index is 0.126. The van der Waals surface area contributed by atoms with E-state index in [4.69, 9.17) is 4.52 Å². The molecule has 0 bridgehead atoms. The summed E-state index contributed by atoms with van der Waals surface area (Å²) in [5.74, 6) is 1.29. The van der Waals surface area contributed by atoms with Gasteiger partial charge in [-0.05, 0) is 49.4 Å². The van der Waals surface area contributed by atoms with E-state index in [1.54, 1.807) is 35.4 Å². The third kappa shape index (κ3) is 4.44. The van der Waals surface area contributed by atoms with E-state index in [0.717, 1.165) is 32.4 Å². The fourth-order valence-electron chi connectivity index (χ4n) is 3.56. The molecule has 1 fully saturated rings. The lowest BCUT2D eigenvalue weighted by Gasteiger charge is -2.32. The molecular formula is C20H22FN5O2. The van der Waals surface area contributed by atoms with E-state index < -0.39 is 0 Å². The van der Waals surface area contributed by atoms with Gasteiger partial charge in [-0.2, -0.15) is 4.98 Å². The van der Waals surface area contributed by atoms with E-state index in [1.807, 2.05) is 4.90 Å². The first-order chi connectivity index (χ1) is 13.7. The van der Waals surface area contributed by atoms with Crippen LogP contribution in [0.2, 0.25) is 0 Å². The van der Waals surface area contributed by atoms with Gasteiger partial charge in [-0.1, -0.05) is 5.16 Å². The molecule has 0 aliphatic carbocycles. The van der Waals surface area contributed by atoms with Crippen molar-refractivity contribution < 1.29 is 13.7 Å². The Morgan fingerprint density at radius 1 is 1.29 bits per heavy atom. The molecule has 8 heteroatoms. The lowest BCUT2D eigenvalue weighted by atomic mass is 9.93. The Labute approximate surface area is 162 Å². The summed E-state index contributed by atoms with van der Waals surface area (Å²) in [5.41, 5.74) is 0.703. The maximum Gasteiger partial charge on any atom is 0.257 e. The molecule has 1 amide bonds. The van der Waals surface area contributed by atoms with Crippen LogP contribution in [0.1, 0.15) is 25.1 Å². The summed E-state index contributed by atoms with van der Waals surface area (Å²) in [6.45, 7) is 1.90. The smallest absolute Gasteiger partial charge is 0.257 e. The van der Waals surface area contributed by atoms with Crippen LogP contribution < -0.4 is 0 Å². The summed E-state index contributed by atoms with van der Waals surface area (Å²) in [6.07, 6.45) is 8.83. The van der Waals surface area contributed by atoms with Crippen LogP contribution in [0, 0.1) is 11.7 Å². The van der Waals surface area contributed by atoms with Crippen LogP contribution in [0.15, 0.2) is 47.5 Å². The molecule has 1 aliphatic heterocycles.